The number of rotatable bonds is 2. The summed E-state index contributed by atoms with van der Waals surface area (Å²) in [6.45, 7) is 1.53. The van der Waals surface area contributed by atoms with Gasteiger partial charge in [-0.3, -0.25) is 4.79 Å². The molecule has 1 aromatic carbocycles. The summed E-state index contributed by atoms with van der Waals surface area (Å²) < 4.78 is 0. The summed E-state index contributed by atoms with van der Waals surface area (Å²) >= 11 is 0. The molecule has 0 aromatic heterocycles. The van der Waals surface area contributed by atoms with Crippen LogP contribution in [-0.2, 0) is 6.42 Å². The van der Waals surface area contributed by atoms with Crippen molar-refractivity contribution in [2.45, 2.75) is 25.8 Å². The molecule has 1 atom stereocenters. The average molecular weight is 219 g/mol. The van der Waals surface area contributed by atoms with Gasteiger partial charge in [-0.2, -0.15) is 0 Å². The molecule has 1 aliphatic rings. The van der Waals surface area contributed by atoms with Crippen LogP contribution in [-0.4, -0.2) is 17.0 Å². The van der Waals surface area contributed by atoms with E-state index in [1.165, 1.54) is 6.92 Å². The molecular weight excluding hydrogens is 206 g/mol. The van der Waals surface area contributed by atoms with E-state index in [1.54, 1.807) is 6.07 Å². The van der Waals surface area contributed by atoms with Gasteiger partial charge < -0.3 is 10.4 Å². The summed E-state index contributed by atoms with van der Waals surface area (Å²) in [5, 5.41) is 11.2. The standard InChI is InChI=1S/C12H13NO3/c1-7(14)8-2-4-10-9(6-8)3-5-11(10)13-12(15)16/h2,4,6,11,13H,3,5H2,1H3,(H,15,16). The Morgan fingerprint density at radius 1 is 1.44 bits per heavy atom. The summed E-state index contributed by atoms with van der Waals surface area (Å²) in [6, 6.07) is 5.33. The fourth-order valence-electron chi connectivity index (χ4n) is 2.14. The second-order valence-electron chi connectivity index (χ2n) is 4.01. The van der Waals surface area contributed by atoms with Gasteiger partial charge >= 0.3 is 6.09 Å². The highest BCUT2D eigenvalue weighted by Crippen LogP contribution is 2.31. The maximum Gasteiger partial charge on any atom is 0.405 e. The molecule has 2 rings (SSSR count). The lowest BCUT2D eigenvalue weighted by Crippen LogP contribution is -2.24. The van der Waals surface area contributed by atoms with Crippen molar-refractivity contribution in [3.8, 4) is 0 Å². The van der Waals surface area contributed by atoms with Crippen LogP contribution >= 0.6 is 0 Å². The molecule has 0 radical (unpaired) electrons. The van der Waals surface area contributed by atoms with Gasteiger partial charge in [0.05, 0.1) is 6.04 Å². The number of hydrogen-bond donors (Lipinski definition) is 2. The molecule has 84 valence electrons. The van der Waals surface area contributed by atoms with E-state index in [0.29, 0.717) is 5.56 Å². The maximum atomic E-state index is 11.2. The second kappa shape index (κ2) is 3.96. The number of ketones is 1. The van der Waals surface area contributed by atoms with E-state index in [1.807, 2.05) is 12.1 Å². The quantitative estimate of drug-likeness (QED) is 0.749. The molecule has 16 heavy (non-hydrogen) atoms. The summed E-state index contributed by atoms with van der Waals surface area (Å²) in [4.78, 5) is 21.8. The molecule has 0 spiro atoms. The van der Waals surface area contributed by atoms with E-state index >= 15 is 0 Å². The van der Waals surface area contributed by atoms with Crippen LogP contribution in [0, 0.1) is 0 Å². The third-order valence-corrected chi connectivity index (χ3v) is 2.92. The van der Waals surface area contributed by atoms with Crippen LogP contribution in [0.25, 0.3) is 0 Å². The molecule has 0 bridgehead atoms. The van der Waals surface area contributed by atoms with Gasteiger partial charge in [0.25, 0.3) is 0 Å². The fraction of sp³-hybridized carbons (Fsp3) is 0.333. The Balaban J connectivity index is 2.28. The minimum atomic E-state index is -1.01. The molecule has 0 saturated heterocycles. The number of benzene rings is 1. The van der Waals surface area contributed by atoms with Crippen LogP contribution in [0.15, 0.2) is 18.2 Å². The number of Topliss-reactive ketones (excluding diaryl/α,β-unsaturated/α-hetero) is 1. The molecule has 0 heterocycles. The largest absolute Gasteiger partial charge is 0.465 e. The zero-order chi connectivity index (χ0) is 11.7. The summed E-state index contributed by atoms with van der Waals surface area (Å²) in [5.74, 6) is 0.0393. The van der Waals surface area contributed by atoms with Crippen LogP contribution in [0.1, 0.15) is 40.9 Å². The molecule has 1 amide bonds. The van der Waals surface area contributed by atoms with E-state index in [-0.39, 0.29) is 11.8 Å². The van der Waals surface area contributed by atoms with E-state index < -0.39 is 6.09 Å². The monoisotopic (exact) mass is 219 g/mol. The second-order valence-corrected chi connectivity index (χ2v) is 4.01. The van der Waals surface area contributed by atoms with Crippen molar-refractivity contribution in [1.29, 1.82) is 0 Å². The Morgan fingerprint density at radius 3 is 2.81 bits per heavy atom. The molecule has 2 N–H and O–H groups in total. The van der Waals surface area contributed by atoms with E-state index in [4.69, 9.17) is 5.11 Å². The van der Waals surface area contributed by atoms with E-state index in [0.717, 1.165) is 24.0 Å². The Morgan fingerprint density at radius 2 is 2.19 bits per heavy atom. The summed E-state index contributed by atoms with van der Waals surface area (Å²) in [5.41, 5.74) is 2.76. The van der Waals surface area contributed by atoms with Crippen molar-refractivity contribution in [3.05, 3.63) is 34.9 Å². The van der Waals surface area contributed by atoms with Gasteiger partial charge in [0.15, 0.2) is 5.78 Å². The summed E-state index contributed by atoms with van der Waals surface area (Å²) in [7, 11) is 0. The van der Waals surface area contributed by atoms with Crippen LogP contribution in [0.3, 0.4) is 0 Å². The predicted molar refractivity (Wildman–Crippen MR) is 58.7 cm³/mol. The molecule has 1 aliphatic carbocycles. The van der Waals surface area contributed by atoms with E-state index in [2.05, 4.69) is 5.32 Å². The van der Waals surface area contributed by atoms with Crippen LogP contribution in [0.2, 0.25) is 0 Å². The van der Waals surface area contributed by atoms with Crippen molar-refractivity contribution in [2.75, 3.05) is 0 Å². The Bertz CT molecular complexity index is 454. The highest BCUT2D eigenvalue weighted by molar-refractivity contribution is 5.94. The van der Waals surface area contributed by atoms with Crippen molar-refractivity contribution in [1.82, 2.24) is 5.32 Å². The van der Waals surface area contributed by atoms with Crippen molar-refractivity contribution in [3.63, 3.8) is 0 Å². The Hall–Kier alpha value is -1.84. The Labute approximate surface area is 93.3 Å². The highest BCUT2D eigenvalue weighted by atomic mass is 16.4. The van der Waals surface area contributed by atoms with Gasteiger partial charge in [-0.1, -0.05) is 12.1 Å². The number of carbonyl (C=O) groups is 2. The molecule has 0 fully saturated rings. The fourth-order valence-corrected chi connectivity index (χ4v) is 2.14. The average Bonchev–Trinajstić information content (AvgIpc) is 2.60. The first-order valence-corrected chi connectivity index (χ1v) is 5.21. The number of fused-ring (bicyclic) bond motifs is 1. The smallest absolute Gasteiger partial charge is 0.405 e. The molecular formula is C12H13NO3. The molecule has 0 saturated carbocycles. The number of nitrogens with one attached hydrogen (secondary N) is 1. The lowest BCUT2D eigenvalue weighted by Gasteiger charge is -2.11. The van der Waals surface area contributed by atoms with Crippen molar-refractivity contribution >= 4 is 11.9 Å². The number of hydrogen-bond acceptors (Lipinski definition) is 2. The normalized spacial score (nSPS) is 17.9. The molecule has 1 aromatic rings. The van der Waals surface area contributed by atoms with Crippen LogP contribution in [0.5, 0.6) is 0 Å². The third-order valence-electron chi connectivity index (χ3n) is 2.92. The first kappa shape index (κ1) is 10.7. The molecule has 1 unspecified atom stereocenters. The van der Waals surface area contributed by atoms with Gasteiger partial charge in [-0.05, 0) is 37.0 Å². The first-order chi connectivity index (χ1) is 7.58. The van der Waals surface area contributed by atoms with Crippen LogP contribution in [0.4, 0.5) is 4.79 Å². The van der Waals surface area contributed by atoms with Gasteiger partial charge in [-0.15, -0.1) is 0 Å². The topological polar surface area (TPSA) is 66.4 Å². The van der Waals surface area contributed by atoms with Crippen molar-refractivity contribution in [2.24, 2.45) is 0 Å². The summed E-state index contributed by atoms with van der Waals surface area (Å²) in [6.07, 6.45) is 0.582. The Kier molecular flexibility index (Phi) is 2.64. The molecule has 4 nitrogen and oxygen atoms in total. The molecule has 0 aliphatic heterocycles. The number of carbonyl (C=O) groups excluding carboxylic acids is 1. The first-order valence-electron chi connectivity index (χ1n) is 5.21. The third kappa shape index (κ3) is 1.91. The maximum absolute atomic E-state index is 11.2. The minimum Gasteiger partial charge on any atom is -0.465 e. The van der Waals surface area contributed by atoms with Gasteiger partial charge in [0.2, 0.25) is 0 Å². The van der Waals surface area contributed by atoms with Crippen molar-refractivity contribution < 1.29 is 14.7 Å². The number of aryl methyl sites for hydroxylation is 1. The lowest BCUT2D eigenvalue weighted by molar-refractivity contribution is 0.101. The minimum absolute atomic E-state index is 0.0393. The SMILES string of the molecule is CC(=O)c1ccc2c(c1)CCC2NC(=O)O. The highest BCUT2D eigenvalue weighted by Gasteiger charge is 2.24. The number of carboxylic acid groups (broad SMARTS) is 1. The zero-order valence-corrected chi connectivity index (χ0v) is 8.99. The van der Waals surface area contributed by atoms with E-state index in [9.17, 15) is 9.59 Å². The van der Waals surface area contributed by atoms with Crippen LogP contribution < -0.4 is 5.32 Å². The predicted octanol–water partition coefficient (Wildman–Crippen LogP) is 2.14. The zero-order valence-electron chi connectivity index (χ0n) is 8.99. The van der Waals surface area contributed by atoms with Gasteiger partial charge in [0.1, 0.15) is 0 Å². The lowest BCUT2D eigenvalue weighted by atomic mass is 10.0. The molecule has 4 heteroatoms. The number of amides is 1. The van der Waals surface area contributed by atoms with Gasteiger partial charge in [0, 0.05) is 5.56 Å². The van der Waals surface area contributed by atoms with Gasteiger partial charge in [-0.25, -0.2) is 4.79 Å².